The Kier molecular flexibility index (Phi) is 7.24. The monoisotopic (exact) mass is 410 g/mol. The second-order valence-electron chi connectivity index (χ2n) is 6.21. The standard InChI is InChI=1S/C19H23ClN2O4S/c1-4-26-15-7-5-14(6-8-15)12-22(2)13-19(23)21-18-11-16(27(3,24)25)9-10-17(18)20/h5-11H,4,12-13H2,1-3H3,(H,21,23). The van der Waals surface area contributed by atoms with Crippen LogP contribution in [0.15, 0.2) is 47.4 Å². The molecule has 2 aromatic rings. The minimum absolute atomic E-state index is 0.102. The Hall–Kier alpha value is -2.09. The highest BCUT2D eigenvalue weighted by Crippen LogP contribution is 2.25. The summed E-state index contributed by atoms with van der Waals surface area (Å²) in [5, 5.41) is 2.95. The van der Waals surface area contributed by atoms with Crippen molar-refractivity contribution in [3.8, 4) is 5.75 Å². The number of carbonyl (C=O) groups excluding carboxylic acids is 1. The third-order valence-electron chi connectivity index (χ3n) is 3.74. The van der Waals surface area contributed by atoms with Crippen molar-refractivity contribution >= 4 is 33.0 Å². The van der Waals surface area contributed by atoms with E-state index in [9.17, 15) is 13.2 Å². The number of amides is 1. The Bertz CT molecular complexity index is 898. The lowest BCUT2D eigenvalue weighted by molar-refractivity contribution is -0.117. The van der Waals surface area contributed by atoms with E-state index in [4.69, 9.17) is 16.3 Å². The number of hydrogen-bond donors (Lipinski definition) is 1. The average Bonchev–Trinajstić information content (AvgIpc) is 2.57. The van der Waals surface area contributed by atoms with Gasteiger partial charge in [-0.2, -0.15) is 0 Å². The zero-order valence-electron chi connectivity index (χ0n) is 15.5. The number of rotatable bonds is 8. The van der Waals surface area contributed by atoms with Crippen LogP contribution in [0, 0.1) is 0 Å². The highest BCUT2D eigenvalue weighted by atomic mass is 35.5. The van der Waals surface area contributed by atoms with Gasteiger partial charge in [0, 0.05) is 12.8 Å². The number of nitrogens with zero attached hydrogens (tertiary/aromatic N) is 1. The van der Waals surface area contributed by atoms with Crippen LogP contribution < -0.4 is 10.1 Å². The number of ether oxygens (including phenoxy) is 1. The van der Waals surface area contributed by atoms with E-state index in [-0.39, 0.29) is 28.1 Å². The lowest BCUT2D eigenvalue weighted by Gasteiger charge is -2.17. The molecule has 0 aliphatic heterocycles. The van der Waals surface area contributed by atoms with E-state index >= 15 is 0 Å². The maximum Gasteiger partial charge on any atom is 0.238 e. The van der Waals surface area contributed by atoms with Gasteiger partial charge in [-0.1, -0.05) is 23.7 Å². The van der Waals surface area contributed by atoms with Gasteiger partial charge in [-0.15, -0.1) is 0 Å². The van der Waals surface area contributed by atoms with Crippen LogP contribution in [0.2, 0.25) is 5.02 Å². The van der Waals surface area contributed by atoms with Crippen LogP contribution in [0.4, 0.5) is 5.69 Å². The maximum absolute atomic E-state index is 12.3. The Morgan fingerprint density at radius 2 is 1.85 bits per heavy atom. The fourth-order valence-electron chi connectivity index (χ4n) is 2.49. The number of benzene rings is 2. The molecule has 0 aliphatic rings. The first-order valence-electron chi connectivity index (χ1n) is 8.38. The predicted molar refractivity (Wildman–Crippen MR) is 107 cm³/mol. The molecule has 1 N–H and O–H groups in total. The summed E-state index contributed by atoms with van der Waals surface area (Å²) in [6.45, 7) is 3.25. The number of sulfone groups is 1. The fraction of sp³-hybridized carbons (Fsp3) is 0.316. The number of carbonyl (C=O) groups is 1. The molecular weight excluding hydrogens is 388 g/mol. The van der Waals surface area contributed by atoms with Gasteiger partial charge in [-0.25, -0.2) is 8.42 Å². The van der Waals surface area contributed by atoms with Crippen molar-refractivity contribution in [3.63, 3.8) is 0 Å². The van der Waals surface area contributed by atoms with E-state index < -0.39 is 9.84 Å². The number of nitrogens with one attached hydrogen (secondary N) is 1. The first-order valence-corrected chi connectivity index (χ1v) is 10.7. The average molecular weight is 411 g/mol. The minimum atomic E-state index is -3.38. The van der Waals surface area contributed by atoms with E-state index in [2.05, 4.69) is 5.32 Å². The summed E-state index contributed by atoms with van der Waals surface area (Å²) < 4.78 is 28.7. The van der Waals surface area contributed by atoms with Crippen molar-refractivity contribution in [1.29, 1.82) is 0 Å². The molecule has 0 heterocycles. The summed E-state index contributed by atoms with van der Waals surface area (Å²) in [5.74, 6) is 0.526. The summed E-state index contributed by atoms with van der Waals surface area (Å²) in [7, 11) is -1.56. The molecular formula is C19H23ClN2O4S. The summed E-state index contributed by atoms with van der Waals surface area (Å²) in [6, 6.07) is 11.9. The zero-order valence-corrected chi connectivity index (χ0v) is 17.1. The summed E-state index contributed by atoms with van der Waals surface area (Å²) >= 11 is 6.06. The summed E-state index contributed by atoms with van der Waals surface area (Å²) in [4.78, 5) is 14.2. The highest BCUT2D eigenvalue weighted by Gasteiger charge is 2.13. The van der Waals surface area contributed by atoms with Gasteiger partial charge in [0.1, 0.15) is 5.75 Å². The van der Waals surface area contributed by atoms with Crippen LogP contribution in [0.3, 0.4) is 0 Å². The van der Waals surface area contributed by atoms with Crippen molar-refractivity contribution in [2.24, 2.45) is 0 Å². The van der Waals surface area contributed by atoms with Gasteiger partial charge in [0.2, 0.25) is 5.91 Å². The molecule has 0 spiro atoms. The molecule has 146 valence electrons. The zero-order chi connectivity index (χ0) is 20.0. The van der Waals surface area contributed by atoms with Crippen molar-refractivity contribution in [1.82, 2.24) is 4.90 Å². The van der Waals surface area contributed by atoms with Crippen LogP contribution in [-0.4, -0.2) is 45.7 Å². The lowest BCUT2D eigenvalue weighted by atomic mass is 10.2. The topological polar surface area (TPSA) is 75.7 Å². The van der Waals surface area contributed by atoms with Crippen molar-refractivity contribution in [3.05, 3.63) is 53.1 Å². The van der Waals surface area contributed by atoms with Crippen LogP contribution in [-0.2, 0) is 21.2 Å². The molecule has 0 atom stereocenters. The molecule has 0 fully saturated rings. The van der Waals surface area contributed by atoms with Crippen LogP contribution in [0.1, 0.15) is 12.5 Å². The Balaban J connectivity index is 1.97. The normalized spacial score (nSPS) is 11.4. The fourth-order valence-corrected chi connectivity index (χ4v) is 3.30. The molecule has 6 nitrogen and oxygen atoms in total. The van der Waals surface area contributed by atoms with Gasteiger partial charge in [-0.3, -0.25) is 9.69 Å². The van der Waals surface area contributed by atoms with E-state index in [1.165, 1.54) is 18.2 Å². The number of halogens is 1. The molecule has 1 amide bonds. The van der Waals surface area contributed by atoms with Gasteiger partial charge < -0.3 is 10.1 Å². The van der Waals surface area contributed by atoms with Crippen LogP contribution >= 0.6 is 11.6 Å². The smallest absolute Gasteiger partial charge is 0.238 e. The molecule has 0 bridgehead atoms. The summed E-state index contributed by atoms with van der Waals surface area (Å²) in [5.41, 5.74) is 1.32. The quantitative estimate of drug-likeness (QED) is 0.723. The van der Waals surface area contributed by atoms with Crippen molar-refractivity contribution in [2.45, 2.75) is 18.4 Å². The van der Waals surface area contributed by atoms with E-state index in [0.717, 1.165) is 17.6 Å². The third kappa shape index (κ3) is 6.53. The summed E-state index contributed by atoms with van der Waals surface area (Å²) in [6.07, 6.45) is 1.10. The number of anilines is 1. The molecule has 0 radical (unpaired) electrons. The van der Waals surface area contributed by atoms with Crippen molar-refractivity contribution in [2.75, 3.05) is 31.8 Å². The van der Waals surface area contributed by atoms with Crippen LogP contribution in [0.25, 0.3) is 0 Å². The molecule has 2 rings (SSSR count). The predicted octanol–water partition coefficient (Wildman–Crippen LogP) is 3.21. The molecule has 0 saturated carbocycles. The second-order valence-corrected chi connectivity index (χ2v) is 8.63. The van der Waals surface area contributed by atoms with Gasteiger partial charge in [0.25, 0.3) is 0 Å². The van der Waals surface area contributed by atoms with Gasteiger partial charge in [0.15, 0.2) is 9.84 Å². The number of likely N-dealkylation sites (N-methyl/N-ethyl adjacent to an activating group) is 1. The maximum atomic E-state index is 12.3. The minimum Gasteiger partial charge on any atom is -0.494 e. The Morgan fingerprint density at radius 3 is 2.44 bits per heavy atom. The largest absolute Gasteiger partial charge is 0.494 e. The van der Waals surface area contributed by atoms with Gasteiger partial charge in [-0.05, 0) is 49.9 Å². The first kappa shape index (κ1) is 21.2. The SMILES string of the molecule is CCOc1ccc(CN(C)CC(=O)Nc2cc(S(C)(=O)=O)ccc2Cl)cc1. The Labute approximate surface area is 165 Å². The molecule has 0 saturated heterocycles. The third-order valence-corrected chi connectivity index (χ3v) is 5.18. The molecule has 2 aromatic carbocycles. The van der Waals surface area contributed by atoms with Gasteiger partial charge >= 0.3 is 0 Å². The number of hydrogen-bond acceptors (Lipinski definition) is 5. The molecule has 27 heavy (non-hydrogen) atoms. The first-order chi connectivity index (χ1) is 12.7. The van der Waals surface area contributed by atoms with E-state index in [1.807, 2.05) is 43.1 Å². The molecule has 0 aromatic heterocycles. The van der Waals surface area contributed by atoms with E-state index in [0.29, 0.717) is 13.2 Å². The Morgan fingerprint density at radius 1 is 1.19 bits per heavy atom. The highest BCUT2D eigenvalue weighted by molar-refractivity contribution is 7.90. The second kappa shape index (κ2) is 9.21. The van der Waals surface area contributed by atoms with Crippen molar-refractivity contribution < 1.29 is 17.9 Å². The van der Waals surface area contributed by atoms with E-state index in [1.54, 1.807) is 0 Å². The van der Waals surface area contributed by atoms with Gasteiger partial charge in [0.05, 0.1) is 28.8 Å². The molecule has 8 heteroatoms. The molecule has 0 unspecified atom stereocenters. The lowest BCUT2D eigenvalue weighted by Crippen LogP contribution is -2.30. The van der Waals surface area contributed by atoms with Crippen LogP contribution in [0.5, 0.6) is 5.75 Å². The molecule has 0 aliphatic carbocycles.